The first kappa shape index (κ1) is 27.9. The van der Waals surface area contributed by atoms with Crippen molar-refractivity contribution >= 4 is 0 Å². The van der Waals surface area contributed by atoms with E-state index in [0.717, 1.165) is 37.8 Å². The Hall–Kier alpha value is -2.66. The highest BCUT2D eigenvalue weighted by atomic mass is 19.3. The second kappa shape index (κ2) is 10.8. The van der Waals surface area contributed by atoms with E-state index in [-0.39, 0.29) is 23.6 Å². The average Bonchev–Trinajstić information content (AvgIpc) is 2.76. The van der Waals surface area contributed by atoms with E-state index in [9.17, 15) is 43.9 Å². The molecule has 1 fully saturated rings. The van der Waals surface area contributed by atoms with E-state index in [1.807, 2.05) is 0 Å². The lowest BCUT2D eigenvalue weighted by Gasteiger charge is -2.29. The fraction of sp³-hybridized carbons (Fsp3) is 0.500. The van der Waals surface area contributed by atoms with Crippen LogP contribution in [0.25, 0.3) is 0 Å². The van der Waals surface area contributed by atoms with Gasteiger partial charge in [-0.3, -0.25) is 0 Å². The molecule has 2 aromatic carbocycles. The van der Waals surface area contributed by atoms with Crippen LogP contribution in [0, 0.1) is 29.2 Å². The molecular formula is C24H22F10O2. The lowest BCUT2D eigenvalue weighted by Crippen LogP contribution is -2.34. The third-order valence-electron chi connectivity index (χ3n) is 6.08. The zero-order valence-electron chi connectivity index (χ0n) is 18.9. The van der Waals surface area contributed by atoms with Gasteiger partial charge in [-0.05, 0) is 55.2 Å². The minimum Gasteiger partial charge on any atom is -0.429 e. The van der Waals surface area contributed by atoms with Gasteiger partial charge in [0.15, 0.2) is 17.4 Å². The van der Waals surface area contributed by atoms with Crippen molar-refractivity contribution < 1.29 is 53.4 Å². The summed E-state index contributed by atoms with van der Waals surface area (Å²) < 4.78 is 144. The summed E-state index contributed by atoms with van der Waals surface area (Å²) in [6, 6.07) is 1.36. The zero-order chi connectivity index (χ0) is 26.8. The van der Waals surface area contributed by atoms with Crippen LogP contribution in [0.4, 0.5) is 43.9 Å². The Morgan fingerprint density at radius 2 is 1.33 bits per heavy atom. The van der Waals surface area contributed by atoms with E-state index in [1.165, 1.54) is 0 Å². The van der Waals surface area contributed by atoms with Crippen molar-refractivity contribution in [1.82, 2.24) is 0 Å². The van der Waals surface area contributed by atoms with Crippen molar-refractivity contribution in [3.63, 3.8) is 0 Å². The van der Waals surface area contributed by atoms with Crippen LogP contribution >= 0.6 is 0 Å². The third-order valence-corrected chi connectivity index (χ3v) is 6.08. The minimum atomic E-state index is -5.28. The van der Waals surface area contributed by atoms with Crippen molar-refractivity contribution in [3.8, 4) is 11.5 Å². The van der Waals surface area contributed by atoms with Gasteiger partial charge in [-0.1, -0.05) is 19.8 Å². The van der Waals surface area contributed by atoms with Gasteiger partial charge in [-0.2, -0.15) is 26.3 Å². The van der Waals surface area contributed by atoms with Crippen molar-refractivity contribution in [3.05, 3.63) is 58.7 Å². The minimum absolute atomic E-state index is 0.0766. The first-order valence-corrected chi connectivity index (χ1v) is 11.1. The fourth-order valence-electron chi connectivity index (χ4n) is 4.37. The molecule has 0 heterocycles. The first-order chi connectivity index (χ1) is 16.7. The molecule has 0 unspecified atom stereocenters. The molecular weight excluding hydrogens is 510 g/mol. The molecule has 0 N–H and O–H groups in total. The number of ether oxygens (including phenoxy) is 2. The van der Waals surface area contributed by atoms with E-state index in [1.54, 1.807) is 0 Å². The van der Waals surface area contributed by atoms with Crippen molar-refractivity contribution in [2.75, 3.05) is 0 Å². The molecule has 0 aromatic heterocycles. The van der Waals surface area contributed by atoms with E-state index >= 15 is 0 Å². The smallest absolute Gasteiger partial charge is 0.429 e. The summed E-state index contributed by atoms with van der Waals surface area (Å²) in [6.45, 7) is 2.05. The van der Waals surface area contributed by atoms with Crippen LogP contribution in [-0.4, -0.2) is 12.5 Å². The summed E-state index contributed by atoms with van der Waals surface area (Å²) in [5.74, 6) is -10.5. The fourth-order valence-corrected chi connectivity index (χ4v) is 4.37. The van der Waals surface area contributed by atoms with E-state index in [2.05, 4.69) is 16.4 Å². The third kappa shape index (κ3) is 6.18. The highest BCUT2D eigenvalue weighted by Crippen LogP contribution is 2.42. The summed E-state index contributed by atoms with van der Waals surface area (Å²) in [4.78, 5) is 0. The van der Waals surface area contributed by atoms with Crippen LogP contribution in [-0.2, 0) is 6.11 Å². The molecule has 0 atom stereocenters. The lowest BCUT2D eigenvalue weighted by atomic mass is 9.77. The number of hydrogen-bond donors (Lipinski definition) is 0. The van der Waals surface area contributed by atoms with E-state index < -0.39 is 59.0 Å². The van der Waals surface area contributed by atoms with Crippen LogP contribution in [0.2, 0.25) is 0 Å². The number of rotatable bonds is 9. The van der Waals surface area contributed by atoms with Crippen LogP contribution in [0.5, 0.6) is 11.5 Å². The second-order valence-electron chi connectivity index (χ2n) is 8.67. The van der Waals surface area contributed by atoms with Crippen LogP contribution in [0.15, 0.2) is 24.3 Å². The number of halogens is 10. The molecule has 1 aliphatic carbocycles. The van der Waals surface area contributed by atoms with Gasteiger partial charge in [0, 0.05) is 12.1 Å². The van der Waals surface area contributed by atoms with Gasteiger partial charge in [-0.25, -0.2) is 17.6 Å². The van der Waals surface area contributed by atoms with Gasteiger partial charge >= 0.3 is 18.6 Å². The number of alkyl halides is 6. The Morgan fingerprint density at radius 1 is 0.806 bits per heavy atom. The van der Waals surface area contributed by atoms with Crippen molar-refractivity contribution in [2.45, 2.75) is 70.0 Å². The molecule has 0 radical (unpaired) electrons. The number of hydrogen-bond acceptors (Lipinski definition) is 2. The maximum absolute atomic E-state index is 14.6. The van der Waals surface area contributed by atoms with Gasteiger partial charge in [0.1, 0.15) is 22.9 Å². The van der Waals surface area contributed by atoms with Gasteiger partial charge in [-0.15, -0.1) is 0 Å². The highest BCUT2D eigenvalue weighted by Gasteiger charge is 2.46. The molecule has 2 aromatic rings. The molecule has 0 saturated heterocycles. The Kier molecular flexibility index (Phi) is 8.34. The Morgan fingerprint density at radius 3 is 1.81 bits per heavy atom. The predicted molar refractivity (Wildman–Crippen MR) is 108 cm³/mol. The van der Waals surface area contributed by atoms with Gasteiger partial charge in [0.2, 0.25) is 0 Å². The molecule has 0 bridgehead atoms. The highest BCUT2D eigenvalue weighted by molar-refractivity contribution is 5.37. The molecule has 0 aliphatic heterocycles. The van der Waals surface area contributed by atoms with E-state index in [0.29, 0.717) is 18.8 Å². The topological polar surface area (TPSA) is 18.5 Å². The van der Waals surface area contributed by atoms with Crippen LogP contribution < -0.4 is 9.47 Å². The predicted octanol–water partition coefficient (Wildman–Crippen LogP) is 8.68. The molecule has 1 aliphatic rings. The monoisotopic (exact) mass is 532 g/mol. The average molecular weight is 532 g/mol. The molecule has 2 nitrogen and oxygen atoms in total. The standard InChI is InChI=1S/C24H22F10O2/c1-2-3-12-4-6-13(7-5-12)14-8-16(25)20(17(26)9-14)23(31,32)35-15-10-18(27)21(19(28)11-15)36-24(33,34)22(29)30/h8-13,22H,2-7H2,1H3. The Bertz CT molecular complexity index is 1020. The summed E-state index contributed by atoms with van der Waals surface area (Å²) in [7, 11) is 0. The molecule has 12 heteroatoms. The zero-order valence-corrected chi connectivity index (χ0v) is 18.9. The maximum Gasteiger partial charge on any atom is 0.461 e. The molecule has 0 spiro atoms. The second-order valence-corrected chi connectivity index (χ2v) is 8.67. The Labute approximate surface area is 200 Å². The summed E-state index contributed by atoms with van der Waals surface area (Å²) >= 11 is 0. The normalized spacial score (nSPS) is 19.0. The molecule has 0 amide bonds. The lowest BCUT2D eigenvalue weighted by molar-refractivity contribution is -0.255. The molecule has 1 saturated carbocycles. The first-order valence-electron chi connectivity index (χ1n) is 11.1. The largest absolute Gasteiger partial charge is 0.461 e. The Balaban J connectivity index is 1.81. The van der Waals surface area contributed by atoms with Gasteiger partial charge in [0.05, 0.1) is 0 Å². The summed E-state index contributed by atoms with van der Waals surface area (Å²) in [6.07, 6.45) is -9.53. The van der Waals surface area contributed by atoms with Gasteiger partial charge < -0.3 is 9.47 Å². The number of benzene rings is 2. The van der Waals surface area contributed by atoms with E-state index in [4.69, 9.17) is 0 Å². The molecule has 36 heavy (non-hydrogen) atoms. The maximum atomic E-state index is 14.6. The van der Waals surface area contributed by atoms with Crippen LogP contribution in [0.3, 0.4) is 0 Å². The van der Waals surface area contributed by atoms with Gasteiger partial charge in [0.25, 0.3) is 0 Å². The molecule has 3 rings (SSSR count). The summed E-state index contributed by atoms with van der Waals surface area (Å²) in [5.41, 5.74) is -1.63. The van der Waals surface area contributed by atoms with Crippen molar-refractivity contribution in [2.24, 2.45) is 5.92 Å². The van der Waals surface area contributed by atoms with Crippen LogP contribution in [0.1, 0.15) is 62.5 Å². The van der Waals surface area contributed by atoms with Crippen molar-refractivity contribution in [1.29, 1.82) is 0 Å². The quantitative estimate of drug-likeness (QED) is 0.301. The summed E-state index contributed by atoms with van der Waals surface area (Å²) in [5, 5.41) is 0. The SMILES string of the molecule is CCCC1CCC(c2cc(F)c(C(F)(F)Oc3cc(F)c(OC(F)(F)C(F)F)c(F)c3)c(F)c2)CC1. The molecule has 200 valence electrons.